The van der Waals surface area contributed by atoms with Gasteiger partial charge in [0, 0.05) is 23.9 Å². The molecule has 0 N–H and O–H groups in total. The van der Waals surface area contributed by atoms with E-state index in [9.17, 15) is 14.9 Å². The smallest absolute Gasteiger partial charge is 0.273 e. The summed E-state index contributed by atoms with van der Waals surface area (Å²) in [5.41, 5.74) is 1.33. The van der Waals surface area contributed by atoms with Crippen molar-refractivity contribution in [1.29, 1.82) is 0 Å². The zero-order chi connectivity index (χ0) is 19.7. The Kier molecular flexibility index (Phi) is 4.82. The van der Waals surface area contributed by atoms with Crippen molar-refractivity contribution in [3.05, 3.63) is 74.6 Å². The molecule has 0 aliphatic heterocycles. The molecule has 0 radical (unpaired) electrons. The number of hydrogen-bond acceptors (Lipinski definition) is 6. The zero-order valence-electron chi connectivity index (χ0n) is 15.1. The van der Waals surface area contributed by atoms with E-state index in [-0.39, 0.29) is 16.2 Å². The van der Waals surface area contributed by atoms with Gasteiger partial charge in [-0.05, 0) is 18.6 Å². The Labute approximate surface area is 164 Å². The first-order valence-corrected chi connectivity index (χ1v) is 9.82. The molecule has 4 aromatic rings. The first kappa shape index (κ1) is 18.2. The highest BCUT2D eigenvalue weighted by Crippen LogP contribution is 2.28. The lowest BCUT2D eigenvalue weighted by molar-refractivity contribution is -0.385. The number of para-hydroxylation sites is 2. The van der Waals surface area contributed by atoms with Gasteiger partial charge in [-0.3, -0.25) is 23.9 Å². The minimum absolute atomic E-state index is 0.0802. The molecule has 0 amide bonds. The van der Waals surface area contributed by atoms with E-state index in [1.165, 1.54) is 17.8 Å². The van der Waals surface area contributed by atoms with Crippen molar-refractivity contribution in [3.63, 3.8) is 0 Å². The Bertz CT molecular complexity index is 1250. The molecule has 4 rings (SSSR count). The van der Waals surface area contributed by atoms with Gasteiger partial charge >= 0.3 is 0 Å². The van der Waals surface area contributed by atoms with Gasteiger partial charge in [0.2, 0.25) is 5.78 Å². The highest BCUT2D eigenvalue weighted by atomic mass is 32.2. The van der Waals surface area contributed by atoms with E-state index < -0.39 is 0 Å². The van der Waals surface area contributed by atoms with Crippen LogP contribution in [0.4, 0.5) is 5.69 Å². The van der Waals surface area contributed by atoms with Gasteiger partial charge in [0.1, 0.15) is 0 Å². The number of nitro benzene ring substituents is 1. The third-order valence-electron chi connectivity index (χ3n) is 4.47. The number of rotatable bonds is 6. The van der Waals surface area contributed by atoms with Gasteiger partial charge in [-0.1, -0.05) is 49.0 Å². The van der Waals surface area contributed by atoms with Crippen LogP contribution in [0.2, 0.25) is 0 Å². The third kappa shape index (κ3) is 3.03. The summed E-state index contributed by atoms with van der Waals surface area (Å²) in [6.07, 6.45) is 0.791. The summed E-state index contributed by atoms with van der Waals surface area (Å²) >= 11 is 1.36. The predicted octanol–water partition coefficient (Wildman–Crippen LogP) is 3.65. The predicted molar refractivity (Wildman–Crippen MR) is 108 cm³/mol. The summed E-state index contributed by atoms with van der Waals surface area (Å²) in [7, 11) is 0. The second-order valence-corrected chi connectivity index (χ2v) is 7.21. The van der Waals surface area contributed by atoms with Gasteiger partial charge < -0.3 is 0 Å². The van der Waals surface area contributed by atoms with E-state index >= 15 is 0 Å². The largest absolute Gasteiger partial charge is 0.276 e. The molecule has 0 aliphatic rings. The first-order chi connectivity index (χ1) is 13.6. The van der Waals surface area contributed by atoms with Gasteiger partial charge in [0.25, 0.3) is 11.2 Å². The molecule has 0 fully saturated rings. The second kappa shape index (κ2) is 7.43. The summed E-state index contributed by atoms with van der Waals surface area (Å²) in [6, 6.07) is 14.0. The maximum atomic E-state index is 12.8. The van der Waals surface area contributed by atoms with Crippen molar-refractivity contribution in [2.24, 2.45) is 0 Å². The molecule has 0 aliphatic carbocycles. The van der Waals surface area contributed by atoms with Gasteiger partial charge in [0.15, 0.2) is 5.16 Å². The number of nitrogens with zero attached hydrogens (tertiary/aromatic N) is 5. The van der Waals surface area contributed by atoms with Crippen LogP contribution in [-0.4, -0.2) is 24.1 Å². The second-order valence-electron chi connectivity index (χ2n) is 6.27. The Morgan fingerprint density at radius 3 is 2.64 bits per heavy atom. The third-order valence-corrected chi connectivity index (χ3v) is 5.45. The average molecular weight is 395 g/mol. The Morgan fingerprint density at radius 2 is 1.86 bits per heavy atom. The van der Waals surface area contributed by atoms with Crippen molar-refractivity contribution in [1.82, 2.24) is 19.2 Å². The Hall–Kier alpha value is -3.20. The molecular formula is C19H17N5O3S. The molecule has 0 atom stereocenters. The van der Waals surface area contributed by atoms with E-state index in [4.69, 9.17) is 0 Å². The standard InChI is InChI=1S/C19H17N5O3S/c1-2-11-22-17(25)14-8-4-6-10-16(14)23-18(22)20-21-19(23)28-12-13-7-3-5-9-15(13)24(26)27/h3-10H,2,11-12H2,1H3. The number of nitro groups is 1. The molecule has 2 aromatic carbocycles. The molecule has 0 spiro atoms. The normalized spacial score (nSPS) is 11.3. The molecule has 0 bridgehead atoms. The van der Waals surface area contributed by atoms with Crippen LogP contribution in [0, 0.1) is 10.1 Å². The fourth-order valence-electron chi connectivity index (χ4n) is 3.21. The fourth-order valence-corrected chi connectivity index (χ4v) is 4.14. The summed E-state index contributed by atoms with van der Waals surface area (Å²) in [6.45, 7) is 2.54. The van der Waals surface area contributed by atoms with Crippen LogP contribution in [0.1, 0.15) is 18.9 Å². The van der Waals surface area contributed by atoms with Crippen LogP contribution in [0.15, 0.2) is 58.5 Å². The number of aromatic nitrogens is 4. The number of fused-ring (bicyclic) bond motifs is 3. The fraction of sp³-hybridized carbons (Fsp3) is 0.211. The number of aryl methyl sites for hydroxylation is 1. The van der Waals surface area contributed by atoms with Crippen LogP contribution in [0.25, 0.3) is 16.7 Å². The lowest BCUT2D eigenvalue weighted by Crippen LogP contribution is -2.23. The summed E-state index contributed by atoms with van der Waals surface area (Å²) in [5.74, 6) is 0.856. The highest BCUT2D eigenvalue weighted by Gasteiger charge is 2.18. The molecule has 0 saturated heterocycles. The molecule has 28 heavy (non-hydrogen) atoms. The van der Waals surface area contributed by atoms with Crippen molar-refractivity contribution in [2.45, 2.75) is 30.8 Å². The average Bonchev–Trinajstić information content (AvgIpc) is 3.13. The summed E-state index contributed by atoms with van der Waals surface area (Å²) in [5, 5.41) is 20.9. The van der Waals surface area contributed by atoms with Gasteiger partial charge in [-0.2, -0.15) is 0 Å². The monoisotopic (exact) mass is 395 g/mol. The Morgan fingerprint density at radius 1 is 1.11 bits per heavy atom. The molecular weight excluding hydrogens is 378 g/mol. The van der Waals surface area contributed by atoms with Gasteiger partial charge in [0.05, 0.1) is 15.8 Å². The summed E-state index contributed by atoms with van der Waals surface area (Å²) in [4.78, 5) is 23.7. The lowest BCUT2D eigenvalue weighted by Gasteiger charge is -2.10. The van der Waals surface area contributed by atoms with Crippen molar-refractivity contribution >= 4 is 34.1 Å². The molecule has 2 aromatic heterocycles. The van der Waals surface area contributed by atoms with Crippen molar-refractivity contribution < 1.29 is 4.92 Å². The van der Waals surface area contributed by atoms with Crippen molar-refractivity contribution in [2.75, 3.05) is 0 Å². The van der Waals surface area contributed by atoms with E-state index in [0.717, 1.165) is 11.9 Å². The first-order valence-electron chi connectivity index (χ1n) is 8.83. The molecule has 142 valence electrons. The van der Waals surface area contributed by atoms with E-state index in [1.54, 1.807) is 28.8 Å². The van der Waals surface area contributed by atoms with Crippen molar-refractivity contribution in [3.8, 4) is 0 Å². The molecule has 8 nitrogen and oxygen atoms in total. The summed E-state index contributed by atoms with van der Waals surface area (Å²) < 4.78 is 3.48. The molecule has 0 saturated carbocycles. The molecule has 9 heteroatoms. The minimum atomic E-state index is -0.383. The molecule has 0 unspecified atom stereocenters. The number of hydrogen-bond donors (Lipinski definition) is 0. The minimum Gasteiger partial charge on any atom is -0.276 e. The van der Waals surface area contributed by atoms with E-state index in [2.05, 4.69) is 10.2 Å². The SMILES string of the molecule is CCCn1c(=O)c2ccccc2n2c(SCc3ccccc3[N+](=O)[O-])nnc12. The van der Waals surface area contributed by atoms with E-state index in [0.29, 0.717) is 34.2 Å². The van der Waals surface area contributed by atoms with Crippen LogP contribution in [0.5, 0.6) is 0 Å². The molecule has 2 heterocycles. The van der Waals surface area contributed by atoms with Gasteiger partial charge in [-0.25, -0.2) is 0 Å². The topological polar surface area (TPSA) is 95.3 Å². The van der Waals surface area contributed by atoms with Crippen LogP contribution in [0.3, 0.4) is 0 Å². The Balaban J connectivity index is 1.83. The maximum Gasteiger partial charge on any atom is 0.273 e. The maximum absolute atomic E-state index is 12.8. The highest BCUT2D eigenvalue weighted by molar-refractivity contribution is 7.98. The van der Waals surface area contributed by atoms with Crippen LogP contribution < -0.4 is 5.56 Å². The van der Waals surface area contributed by atoms with Gasteiger partial charge in [-0.15, -0.1) is 10.2 Å². The van der Waals surface area contributed by atoms with Crippen LogP contribution in [-0.2, 0) is 12.3 Å². The zero-order valence-corrected chi connectivity index (χ0v) is 15.9. The number of thioether (sulfide) groups is 1. The van der Waals surface area contributed by atoms with Crippen LogP contribution >= 0.6 is 11.8 Å². The lowest BCUT2D eigenvalue weighted by atomic mass is 10.2. The van der Waals surface area contributed by atoms with E-state index in [1.807, 2.05) is 29.5 Å². The number of benzene rings is 2. The quantitative estimate of drug-likeness (QED) is 0.281.